The van der Waals surface area contributed by atoms with Crippen molar-refractivity contribution in [1.82, 2.24) is 14.8 Å². The summed E-state index contributed by atoms with van der Waals surface area (Å²) in [7, 11) is -4.04. The van der Waals surface area contributed by atoms with Gasteiger partial charge in [-0.1, -0.05) is 54.4 Å². The lowest BCUT2D eigenvalue weighted by Gasteiger charge is -2.35. The topological polar surface area (TPSA) is 83.3 Å². The first-order chi connectivity index (χ1) is 14.1. The minimum atomic E-state index is -4.04. The smallest absolute Gasteiger partial charge is 0.297 e. The van der Waals surface area contributed by atoms with Gasteiger partial charge in [-0.2, -0.15) is 13.5 Å². The number of aryl methyl sites for hydroxylation is 1. The molecule has 0 radical (unpaired) electrons. The van der Waals surface area contributed by atoms with Crippen LogP contribution < -0.4 is 4.74 Å². The molecular formula is C21H24BrN3O4S. The summed E-state index contributed by atoms with van der Waals surface area (Å²) in [5, 5.41) is 4.18. The van der Waals surface area contributed by atoms with E-state index in [1.807, 2.05) is 39.8 Å². The lowest BCUT2D eigenvalue weighted by molar-refractivity contribution is -0.0542. The highest BCUT2D eigenvalue weighted by atomic mass is 79.9. The molecule has 9 heteroatoms. The molecule has 2 unspecified atom stereocenters. The van der Waals surface area contributed by atoms with E-state index in [1.165, 1.54) is 29.5 Å². The number of aromatic nitrogens is 3. The van der Waals surface area contributed by atoms with Crippen molar-refractivity contribution in [3.63, 3.8) is 0 Å². The average Bonchev–Trinajstić information content (AvgIpc) is 3.20. The predicted octanol–water partition coefficient (Wildman–Crippen LogP) is 4.75. The fraction of sp³-hybridized carbons (Fsp3) is 0.333. The second-order valence-corrected chi connectivity index (χ2v) is 10.5. The molecule has 0 N–H and O–H groups in total. The summed E-state index contributed by atoms with van der Waals surface area (Å²) in [6, 6.07) is 13.8. The van der Waals surface area contributed by atoms with Gasteiger partial charge in [-0.15, -0.1) is 0 Å². The Kier molecular flexibility index (Phi) is 6.64. The fourth-order valence-electron chi connectivity index (χ4n) is 2.77. The lowest BCUT2D eigenvalue weighted by atomic mass is 9.88. The molecule has 0 saturated heterocycles. The monoisotopic (exact) mass is 493 g/mol. The first kappa shape index (κ1) is 22.5. The van der Waals surface area contributed by atoms with Gasteiger partial charge in [0.05, 0.1) is 4.90 Å². The molecule has 2 atom stereocenters. The van der Waals surface area contributed by atoms with Gasteiger partial charge in [0.25, 0.3) is 10.1 Å². The maximum atomic E-state index is 13.0. The molecule has 0 aliphatic carbocycles. The van der Waals surface area contributed by atoms with Gasteiger partial charge in [0.1, 0.15) is 24.5 Å². The van der Waals surface area contributed by atoms with E-state index in [1.54, 1.807) is 24.3 Å². The van der Waals surface area contributed by atoms with Crippen molar-refractivity contribution in [2.45, 2.75) is 44.9 Å². The van der Waals surface area contributed by atoms with Crippen LogP contribution >= 0.6 is 15.9 Å². The number of benzene rings is 2. The Morgan fingerprint density at radius 2 is 1.67 bits per heavy atom. The highest BCUT2D eigenvalue weighted by molar-refractivity contribution is 9.10. The normalized spacial score (nSPS) is 14.3. The predicted molar refractivity (Wildman–Crippen MR) is 117 cm³/mol. The molecular weight excluding hydrogens is 470 g/mol. The molecule has 0 aliphatic rings. The van der Waals surface area contributed by atoms with E-state index in [2.05, 4.69) is 26.0 Å². The number of rotatable bonds is 7. The zero-order valence-electron chi connectivity index (χ0n) is 17.2. The molecule has 0 saturated carbocycles. The molecule has 1 aromatic heterocycles. The first-order valence-electron chi connectivity index (χ1n) is 9.32. The van der Waals surface area contributed by atoms with Gasteiger partial charge in [-0.3, -0.25) is 4.18 Å². The molecule has 0 bridgehead atoms. The number of halogens is 1. The van der Waals surface area contributed by atoms with Crippen molar-refractivity contribution >= 4 is 26.0 Å². The van der Waals surface area contributed by atoms with Gasteiger partial charge in [0, 0.05) is 4.47 Å². The van der Waals surface area contributed by atoms with E-state index in [4.69, 9.17) is 8.92 Å². The Bertz CT molecular complexity index is 1060. The van der Waals surface area contributed by atoms with Gasteiger partial charge in [-0.05, 0) is 48.7 Å². The summed E-state index contributed by atoms with van der Waals surface area (Å²) in [5.74, 6) is 0.546. The molecule has 0 fully saturated rings. The van der Waals surface area contributed by atoms with Crippen LogP contribution in [0.3, 0.4) is 0 Å². The van der Waals surface area contributed by atoms with Crippen LogP contribution in [0.15, 0.2) is 70.6 Å². The van der Waals surface area contributed by atoms with Gasteiger partial charge < -0.3 is 4.74 Å². The Hall–Kier alpha value is -2.23. The Morgan fingerprint density at radius 1 is 1.03 bits per heavy atom. The van der Waals surface area contributed by atoms with Crippen LogP contribution in [-0.4, -0.2) is 29.3 Å². The van der Waals surface area contributed by atoms with Crippen LogP contribution in [0.5, 0.6) is 5.75 Å². The number of nitrogens with zero attached hydrogens (tertiary/aromatic N) is 3. The molecule has 1 heterocycles. The first-order valence-corrected chi connectivity index (χ1v) is 11.5. The maximum absolute atomic E-state index is 13.0. The molecule has 3 rings (SSSR count). The minimum Gasteiger partial charge on any atom is -0.466 e. The molecule has 0 aliphatic heterocycles. The van der Waals surface area contributed by atoms with Crippen molar-refractivity contribution in [1.29, 1.82) is 0 Å². The Balaban J connectivity index is 1.99. The van der Waals surface area contributed by atoms with Gasteiger partial charge in [0.2, 0.25) is 6.23 Å². The van der Waals surface area contributed by atoms with Crippen molar-refractivity contribution in [2.75, 3.05) is 0 Å². The standard InChI is InChI=1S/C21H24BrN3O4S/c1-15-5-11-18(12-6-15)30(26,27)29-19(21(2,3)4)20(25-14-23-13-24-25)28-17-9-7-16(22)8-10-17/h5-14,19-20H,1-4H3. The second kappa shape index (κ2) is 8.87. The third kappa shape index (κ3) is 5.47. The van der Waals surface area contributed by atoms with Gasteiger partial charge in [-0.25, -0.2) is 9.67 Å². The highest BCUT2D eigenvalue weighted by Crippen LogP contribution is 2.35. The third-order valence-electron chi connectivity index (χ3n) is 4.42. The summed E-state index contributed by atoms with van der Waals surface area (Å²) in [6.45, 7) is 7.55. The van der Waals surface area contributed by atoms with Crippen LogP contribution in [0.1, 0.15) is 32.6 Å². The number of hydrogen-bond acceptors (Lipinski definition) is 6. The van der Waals surface area contributed by atoms with Gasteiger partial charge in [0.15, 0.2) is 0 Å². The summed E-state index contributed by atoms with van der Waals surface area (Å²) < 4.78 is 40.4. The molecule has 160 valence electrons. The van der Waals surface area contributed by atoms with Crippen LogP contribution in [0.2, 0.25) is 0 Å². The minimum absolute atomic E-state index is 0.0864. The molecule has 2 aromatic carbocycles. The molecule has 3 aromatic rings. The molecule has 0 spiro atoms. The maximum Gasteiger partial charge on any atom is 0.297 e. The van der Waals surface area contributed by atoms with Crippen LogP contribution in [0.25, 0.3) is 0 Å². The van der Waals surface area contributed by atoms with Crippen molar-refractivity contribution in [2.24, 2.45) is 5.41 Å². The largest absolute Gasteiger partial charge is 0.466 e. The van der Waals surface area contributed by atoms with Crippen molar-refractivity contribution in [3.05, 3.63) is 71.2 Å². The van der Waals surface area contributed by atoms with Crippen molar-refractivity contribution in [3.8, 4) is 5.75 Å². The van der Waals surface area contributed by atoms with E-state index in [0.717, 1.165) is 10.0 Å². The Labute approximate surface area is 185 Å². The quantitative estimate of drug-likeness (QED) is 0.441. The fourth-order valence-corrected chi connectivity index (χ4v) is 4.27. The number of hydrogen-bond donors (Lipinski definition) is 0. The zero-order chi connectivity index (χ0) is 21.9. The summed E-state index contributed by atoms with van der Waals surface area (Å²) in [6.07, 6.45) is 1.08. The molecule has 7 nitrogen and oxygen atoms in total. The summed E-state index contributed by atoms with van der Waals surface area (Å²) in [4.78, 5) is 4.07. The van der Waals surface area contributed by atoms with Crippen LogP contribution in [0.4, 0.5) is 0 Å². The van der Waals surface area contributed by atoms with E-state index < -0.39 is 27.9 Å². The second-order valence-electron chi connectivity index (χ2n) is 7.99. The summed E-state index contributed by atoms with van der Waals surface area (Å²) in [5.41, 5.74) is 0.351. The molecule has 0 amide bonds. The number of ether oxygens (including phenoxy) is 1. The van der Waals surface area contributed by atoms with E-state index >= 15 is 0 Å². The van der Waals surface area contributed by atoms with E-state index in [0.29, 0.717) is 5.75 Å². The van der Waals surface area contributed by atoms with E-state index in [-0.39, 0.29) is 4.90 Å². The third-order valence-corrected chi connectivity index (χ3v) is 6.26. The lowest BCUT2D eigenvalue weighted by Crippen LogP contribution is -2.42. The highest BCUT2D eigenvalue weighted by Gasteiger charge is 2.40. The zero-order valence-corrected chi connectivity index (χ0v) is 19.6. The van der Waals surface area contributed by atoms with Crippen molar-refractivity contribution < 1.29 is 17.3 Å². The average molecular weight is 494 g/mol. The summed E-state index contributed by atoms with van der Waals surface area (Å²) >= 11 is 3.39. The van der Waals surface area contributed by atoms with E-state index in [9.17, 15) is 8.42 Å². The molecule has 30 heavy (non-hydrogen) atoms. The van der Waals surface area contributed by atoms with Crippen LogP contribution in [0, 0.1) is 12.3 Å². The van der Waals surface area contributed by atoms with Crippen LogP contribution in [-0.2, 0) is 14.3 Å². The van der Waals surface area contributed by atoms with Gasteiger partial charge >= 0.3 is 0 Å². The SMILES string of the molecule is Cc1ccc(S(=O)(=O)OC(C(Oc2ccc(Br)cc2)n2cncn2)C(C)(C)C)cc1. The Morgan fingerprint density at radius 3 is 2.20 bits per heavy atom.